The molecule has 0 fully saturated rings. The van der Waals surface area contributed by atoms with Gasteiger partial charge in [-0.25, -0.2) is 0 Å². The highest BCUT2D eigenvalue weighted by Crippen LogP contribution is 2.28. The summed E-state index contributed by atoms with van der Waals surface area (Å²) in [4.78, 5) is 26.1. The van der Waals surface area contributed by atoms with Crippen molar-refractivity contribution in [1.29, 1.82) is 0 Å². The van der Waals surface area contributed by atoms with Crippen LogP contribution in [0.25, 0.3) is 5.65 Å². The van der Waals surface area contributed by atoms with Crippen molar-refractivity contribution in [1.82, 2.24) is 9.38 Å². The second-order valence-electron chi connectivity index (χ2n) is 4.85. The van der Waals surface area contributed by atoms with Crippen LogP contribution in [0, 0.1) is 10.1 Å². The topological polar surface area (TPSA) is 102 Å². The zero-order chi connectivity index (χ0) is 16.4. The predicted molar refractivity (Wildman–Crippen MR) is 85.9 cm³/mol. The number of benzene rings is 1. The molecular weight excluding hydrogens is 298 g/mol. The third kappa shape index (κ3) is 2.95. The number of rotatable bonds is 4. The summed E-state index contributed by atoms with van der Waals surface area (Å²) in [5.41, 5.74) is 1.76. The zero-order valence-electron chi connectivity index (χ0n) is 12.2. The highest BCUT2D eigenvalue weighted by Gasteiger charge is 2.22. The molecule has 0 unspecified atom stereocenters. The Bertz CT molecular complexity index is 886. The van der Waals surface area contributed by atoms with Crippen LogP contribution in [0.5, 0.6) is 0 Å². The van der Waals surface area contributed by atoms with Crippen molar-refractivity contribution in [2.24, 2.45) is 0 Å². The van der Waals surface area contributed by atoms with Gasteiger partial charge in [-0.2, -0.15) is 9.38 Å². The smallest absolute Gasteiger partial charge is 0.358 e. The molecule has 116 valence electrons. The SMILES string of the molecule is CC(=O)Nc1ccc(Nc2nc3ccccn3c2[N+](=O)[O-])cc1. The molecule has 0 aliphatic carbocycles. The minimum Gasteiger partial charge on any atom is -0.358 e. The monoisotopic (exact) mass is 311 g/mol. The molecule has 23 heavy (non-hydrogen) atoms. The Kier molecular flexibility index (Phi) is 3.63. The van der Waals surface area contributed by atoms with Crippen molar-refractivity contribution < 1.29 is 9.72 Å². The van der Waals surface area contributed by atoms with E-state index in [1.807, 2.05) is 0 Å². The van der Waals surface area contributed by atoms with Gasteiger partial charge in [0.15, 0.2) is 0 Å². The number of imidazole rings is 1. The molecule has 0 saturated carbocycles. The van der Waals surface area contributed by atoms with Gasteiger partial charge in [0.25, 0.3) is 0 Å². The van der Waals surface area contributed by atoms with Gasteiger partial charge in [0.05, 0.1) is 6.20 Å². The Morgan fingerprint density at radius 3 is 2.52 bits per heavy atom. The molecule has 0 saturated heterocycles. The molecule has 1 aromatic carbocycles. The van der Waals surface area contributed by atoms with Crippen molar-refractivity contribution >= 4 is 34.6 Å². The van der Waals surface area contributed by atoms with Gasteiger partial charge in [-0.3, -0.25) is 4.79 Å². The van der Waals surface area contributed by atoms with Crippen LogP contribution in [0.1, 0.15) is 6.92 Å². The second-order valence-corrected chi connectivity index (χ2v) is 4.85. The number of carbonyl (C=O) groups excluding carboxylic acids is 1. The number of aromatic nitrogens is 2. The molecule has 1 amide bonds. The summed E-state index contributed by atoms with van der Waals surface area (Å²) in [5, 5.41) is 16.9. The van der Waals surface area contributed by atoms with Crippen LogP contribution in [-0.4, -0.2) is 20.2 Å². The molecule has 2 N–H and O–H groups in total. The van der Waals surface area contributed by atoms with E-state index in [1.54, 1.807) is 48.7 Å². The zero-order valence-corrected chi connectivity index (χ0v) is 12.2. The molecular formula is C15H13N5O3. The lowest BCUT2D eigenvalue weighted by Gasteiger charge is -2.05. The van der Waals surface area contributed by atoms with E-state index < -0.39 is 4.92 Å². The van der Waals surface area contributed by atoms with Crippen molar-refractivity contribution in [2.45, 2.75) is 6.92 Å². The lowest BCUT2D eigenvalue weighted by atomic mass is 10.2. The van der Waals surface area contributed by atoms with E-state index in [4.69, 9.17) is 0 Å². The van der Waals surface area contributed by atoms with Crippen LogP contribution < -0.4 is 10.6 Å². The first-order valence-corrected chi connectivity index (χ1v) is 6.81. The maximum atomic E-state index is 11.3. The van der Waals surface area contributed by atoms with Crippen LogP contribution in [0.3, 0.4) is 0 Å². The van der Waals surface area contributed by atoms with E-state index >= 15 is 0 Å². The van der Waals surface area contributed by atoms with Gasteiger partial charge in [-0.05, 0) is 35.3 Å². The third-order valence-electron chi connectivity index (χ3n) is 3.15. The molecule has 0 spiro atoms. The van der Waals surface area contributed by atoms with Crippen LogP contribution in [-0.2, 0) is 4.79 Å². The number of carbonyl (C=O) groups is 1. The summed E-state index contributed by atoms with van der Waals surface area (Å²) < 4.78 is 1.41. The number of fused-ring (bicyclic) bond motifs is 1. The summed E-state index contributed by atoms with van der Waals surface area (Å²) in [6.45, 7) is 1.42. The molecule has 0 bridgehead atoms. The maximum absolute atomic E-state index is 11.3. The van der Waals surface area contributed by atoms with Gasteiger partial charge < -0.3 is 20.7 Å². The van der Waals surface area contributed by atoms with Crippen molar-refractivity contribution in [3.63, 3.8) is 0 Å². The average Bonchev–Trinajstić information content (AvgIpc) is 2.86. The van der Waals surface area contributed by atoms with E-state index in [1.165, 1.54) is 11.3 Å². The summed E-state index contributed by atoms with van der Waals surface area (Å²) in [6, 6.07) is 12.0. The molecule has 0 atom stereocenters. The first kappa shape index (κ1) is 14.5. The number of amides is 1. The Balaban J connectivity index is 1.93. The average molecular weight is 311 g/mol. The number of pyridine rings is 1. The van der Waals surface area contributed by atoms with Crippen LogP contribution in [0.2, 0.25) is 0 Å². The number of hydrogen-bond donors (Lipinski definition) is 2. The molecule has 0 aliphatic heterocycles. The minimum absolute atomic E-state index is 0.133. The summed E-state index contributed by atoms with van der Waals surface area (Å²) >= 11 is 0. The Labute approximate surface area is 130 Å². The Morgan fingerprint density at radius 2 is 1.87 bits per heavy atom. The first-order valence-electron chi connectivity index (χ1n) is 6.81. The normalized spacial score (nSPS) is 10.5. The van der Waals surface area contributed by atoms with Crippen molar-refractivity contribution in [3.05, 3.63) is 58.8 Å². The summed E-state index contributed by atoms with van der Waals surface area (Å²) in [7, 11) is 0. The molecule has 8 heteroatoms. The molecule has 3 rings (SSSR count). The summed E-state index contributed by atoms with van der Waals surface area (Å²) in [5.74, 6) is -0.137. The van der Waals surface area contributed by atoms with Gasteiger partial charge in [-0.1, -0.05) is 6.07 Å². The lowest BCUT2D eigenvalue weighted by Crippen LogP contribution is -2.05. The van der Waals surface area contributed by atoms with Gasteiger partial charge in [-0.15, -0.1) is 0 Å². The predicted octanol–water partition coefficient (Wildman–Crippen LogP) is 2.94. The van der Waals surface area contributed by atoms with E-state index in [2.05, 4.69) is 15.6 Å². The summed E-state index contributed by atoms with van der Waals surface area (Å²) in [6.07, 6.45) is 1.59. The quantitative estimate of drug-likeness (QED) is 0.570. The number of nitrogens with zero attached hydrogens (tertiary/aromatic N) is 3. The maximum Gasteiger partial charge on any atom is 0.372 e. The van der Waals surface area contributed by atoms with Crippen LogP contribution in [0.4, 0.5) is 23.0 Å². The van der Waals surface area contributed by atoms with Gasteiger partial charge in [0, 0.05) is 24.4 Å². The highest BCUT2D eigenvalue weighted by molar-refractivity contribution is 5.88. The molecule has 2 aromatic heterocycles. The number of hydrogen-bond acceptors (Lipinski definition) is 5. The van der Waals surface area contributed by atoms with E-state index in [-0.39, 0.29) is 17.5 Å². The largest absolute Gasteiger partial charge is 0.372 e. The standard InChI is InChI=1S/C15H13N5O3/c1-10(21)16-11-5-7-12(8-6-11)17-14-15(20(22)23)19-9-3-2-4-13(19)18-14/h2-9,17H,1H3,(H,16,21). The molecule has 8 nitrogen and oxygen atoms in total. The molecule has 2 heterocycles. The minimum atomic E-state index is -0.478. The fraction of sp³-hybridized carbons (Fsp3) is 0.0667. The van der Waals surface area contributed by atoms with E-state index in [9.17, 15) is 14.9 Å². The fourth-order valence-corrected chi connectivity index (χ4v) is 2.22. The Morgan fingerprint density at radius 1 is 1.17 bits per heavy atom. The van der Waals surface area contributed by atoms with E-state index in [0.29, 0.717) is 17.0 Å². The van der Waals surface area contributed by atoms with Gasteiger partial charge in [0.1, 0.15) is 0 Å². The number of nitrogens with one attached hydrogen (secondary N) is 2. The lowest BCUT2D eigenvalue weighted by molar-refractivity contribution is -0.389. The van der Waals surface area contributed by atoms with E-state index in [0.717, 1.165) is 0 Å². The van der Waals surface area contributed by atoms with Crippen LogP contribution >= 0.6 is 0 Å². The number of nitro groups is 1. The highest BCUT2D eigenvalue weighted by atomic mass is 16.6. The molecule has 3 aromatic rings. The second kappa shape index (κ2) is 5.76. The van der Waals surface area contributed by atoms with Gasteiger partial charge >= 0.3 is 5.82 Å². The fourth-order valence-electron chi connectivity index (χ4n) is 2.22. The van der Waals surface area contributed by atoms with Gasteiger partial charge in [0.2, 0.25) is 17.4 Å². The van der Waals surface area contributed by atoms with Crippen molar-refractivity contribution in [2.75, 3.05) is 10.6 Å². The first-order chi connectivity index (χ1) is 11.0. The van der Waals surface area contributed by atoms with Crippen molar-refractivity contribution in [3.8, 4) is 0 Å². The van der Waals surface area contributed by atoms with Crippen LogP contribution in [0.15, 0.2) is 48.7 Å². The molecule has 0 radical (unpaired) electrons. The Hall–Kier alpha value is -3.42. The number of anilines is 3. The molecule has 0 aliphatic rings. The third-order valence-corrected chi connectivity index (χ3v) is 3.15.